The van der Waals surface area contributed by atoms with Crippen LogP contribution in [-0.2, 0) is 0 Å². The van der Waals surface area contributed by atoms with E-state index in [0.29, 0.717) is 5.70 Å². The molecule has 6 nitrogen and oxygen atoms in total. The van der Waals surface area contributed by atoms with Gasteiger partial charge in [-0.05, 0) is 6.07 Å². The van der Waals surface area contributed by atoms with Crippen molar-refractivity contribution in [2.75, 3.05) is 0 Å². The summed E-state index contributed by atoms with van der Waals surface area (Å²) >= 11 is 3.17. The van der Waals surface area contributed by atoms with Crippen LogP contribution in [0.1, 0.15) is 10.8 Å². The van der Waals surface area contributed by atoms with Crippen molar-refractivity contribution in [3.05, 3.63) is 40.9 Å². The van der Waals surface area contributed by atoms with E-state index in [-0.39, 0.29) is 10.7 Å². The molecule has 1 saturated heterocycles. The van der Waals surface area contributed by atoms with Crippen LogP contribution in [0, 0.1) is 11.3 Å². The molecule has 2 aliphatic rings. The highest BCUT2D eigenvalue weighted by Gasteiger charge is 2.43. The topological polar surface area (TPSA) is 76.6 Å². The summed E-state index contributed by atoms with van der Waals surface area (Å²) in [4.78, 5) is 8.02. The minimum atomic E-state index is -0.0129. The van der Waals surface area contributed by atoms with Crippen molar-refractivity contribution in [1.82, 2.24) is 19.7 Å². The zero-order valence-corrected chi connectivity index (χ0v) is 11.6. The molecule has 0 bridgehead atoms. The van der Waals surface area contributed by atoms with Gasteiger partial charge < -0.3 is 4.74 Å². The summed E-state index contributed by atoms with van der Waals surface area (Å²) in [6, 6.07) is 4.06. The fourth-order valence-electron chi connectivity index (χ4n) is 2.13. The van der Waals surface area contributed by atoms with E-state index in [2.05, 4.69) is 21.1 Å². The number of fused-ring (bicyclic) bond motifs is 3. The zero-order chi connectivity index (χ0) is 13.5. The molecule has 98 valence electrons. The van der Waals surface area contributed by atoms with E-state index in [1.165, 1.54) is 17.3 Å². The summed E-state index contributed by atoms with van der Waals surface area (Å²) < 4.78 is 8.28. The van der Waals surface area contributed by atoms with Gasteiger partial charge in [-0.3, -0.25) is 4.98 Å². The van der Waals surface area contributed by atoms with Crippen LogP contribution in [0.5, 0.6) is 5.75 Å². The molecule has 2 aliphatic heterocycles. The van der Waals surface area contributed by atoms with Gasteiger partial charge in [-0.25, -0.2) is 9.67 Å². The molecule has 8 heteroatoms. The van der Waals surface area contributed by atoms with Gasteiger partial charge >= 0.3 is 0 Å². The van der Waals surface area contributed by atoms with Crippen molar-refractivity contribution in [3.8, 4) is 11.8 Å². The van der Waals surface area contributed by atoms with Gasteiger partial charge in [-0.2, -0.15) is 10.4 Å². The number of allylic oxidation sites excluding steroid dienone is 1. The molecule has 2 aromatic heterocycles. The van der Waals surface area contributed by atoms with E-state index < -0.39 is 0 Å². The Bertz CT molecular complexity index is 737. The molecule has 0 saturated carbocycles. The van der Waals surface area contributed by atoms with E-state index in [1.54, 1.807) is 29.7 Å². The van der Waals surface area contributed by atoms with Gasteiger partial charge in [0, 0.05) is 18.0 Å². The second-order valence-corrected chi connectivity index (χ2v) is 6.66. The van der Waals surface area contributed by atoms with Crippen LogP contribution in [0.2, 0.25) is 0 Å². The monoisotopic (exact) mass is 301 g/mol. The number of rotatable bonds is 1. The maximum Gasteiger partial charge on any atom is 0.165 e. The van der Waals surface area contributed by atoms with Crippen LogP contribution in [0.15, 0.2) is 35.4 Å². The Morgan fingerprint density at radius 1 is 1.40 bits per heavy atom. The number of ether oxygens (including phenoxy) is 1. The number of pyridine rings is 1. The van der Waals surface area contributed by atoms with Crippen molar-refractivity contribution in [3.63, 3.8) is 0 Å². The van der Waals surface area contributed by atoms with Crippen LogP contribution in [-0.4, -0.2) is 25.2 Å². The van der Waals surface area contributed by atoms with E-state index in [1.807, 2.05) is 12.3 Å². The SMILES string of the molecule is N#C/C(=C1/SC2Oc3ccncc3C2S1)n1cncn1. The fraction of sp³-hybridized carbons (Fsp3) is 0.167. The second-order valence-electron chi connectivity index (χ2n) is 4.14. The first-order chi connectivity index (χ1) is 9.86. The van der Waals surface area contributed by atoms with Crippen molar-refractivity contribution in [2.24, 2.45) is 0 Å². The molecular formula is C12H7N5OS2. The lowest BCUT2D eigenvalue weighted by atomic mass is 10.2. The van der Waals surface area contributed by atoms with E-state index in [0.717, 1.165) is 15.6 Å². The van der Waals surface area contributed by atoms with Gasteiger partial charge in [0.25, 0.3) is 0 Å². The van der Waals surface area contributed by atoms with Gasteiger partial charge in [0.05, 0.1) is 9.49 Å². The minimum absolute atomic E-state index is 0.0129. The summed E-state index contributed by atoms with van der Waals surface area (Å²) in [5, 5.41) is 13.5. The zero-order valence-electron chi connectivity index (χ0n) is 10.0. The average molecular weight is 301 g/mol. The lowest BCUT2D eigenvalue weighted by Gasteiger charge is -2.05. The van der Waals surface area contributed by atoms with Crippen LogP contribution in [0.4, 0.5) is 0 Å². The Balaban J connectivity index is 1.72. The molecule has 2 aromatic rings. The van der Waals surface area contributed by atoms with Crippen molar-refractivity contribution < 1.29 is 4.74 Å². The van der Waals surface area contributed by atoms with E-state index in [4.69, 9.17) is 4.74 Å². The molecule has 0 aliphatic carbocycles. The molecule has 0 N–H and O–H groups in total. The highest BCUT2D eigenvalue weighted by molar-refractivity contribution is 8.25. The summed E-state index contributed by atoms with van der Waals surface area (Å²) in [5.74, 6) is 0.883. The maximum absolute atomic E-state index is 9.34. The third kappa shape index (κ3) is 1.71. The molecule has 0 radical (unpaired) electrons. The molecular weight excluding hydrogens is 294 g/mol. The first-order valence-electron chi connectivity index (χ1n) is 5.80. The molecule has 20 heavy (non-hydrogen) atoms. The van der Waals surface area contributed by atoms with Crippen molar-refractivity contribution in [2.45, 2.75) is 10.7 Å². The van der Waals surface area contributed by atoms with Crippen LogP contribution >= 0.6 is 23.5 Å². The Morgan fingerprint density at radius 2 is 2.35 bits per heavy atom. The number of aromatic nitrogens is 4. The standard InChI is InChI=1S/C12H7N5OS2/c13-3-8(17-6-15-5-16-17)12-19-10-7-4-14-2-1-9(7)18-11(10)20-12/h1-2,4-6,10-11H/b12-8-. The smallest absolute Gasteiger partial charge is 0.165 e. The molecule has 2 atom stereocenters. The Kier molecular flexibility index (Phi) is 2.68. The van der Waals surface area contributed by atoms with Gasteiger partial charge in [0.2, 0.25) is 0 Å². The van der Waals surface area contributed by atoms with Gasteiger partial charge in [-0.15, -0.1) is 11.8 Å². The Hall–Kier alpha value is -1.98. The number of hydrogen-bond acceptors (Lipinski definition) is 7. The van der Waals surface area contributed by atoms with Gasteiger partial charge in [0.15, 0.2) is 11.1 Å². The third-order valence-electron chi connectivity index (χ3n) is 3.01. The highest BCUT2D eigenvalue weighted by atomic mass is 32.2. The average Bonchev–Trinajstić information content (AvgIpc) is 3.15. The summed E-state index contributed by atoms with van der Waals surface area (Å²) in [5.41, 5.74) is 1.56. The number of nitrogens with zero attached hydrogens (tertiary/aromatic N) is 5. The van der Waals surface area contributed by atoms with Crippen LogP contribution in [0.25, 0.3) is 5.70 Å². The second kappa shape index (κ2) is 4.54. The highest BCUT2D eigenvalue weighted by Crippen LogP contribution is 2.61. The number of thioether (sulfide) groups is 2. The molecule has 0 spiro atoms. The molecule has 0 aromatic carbocycles. The molecule has 1 fully saturated rings. The molecule has 4 heterocycles. The Morgan fingerprint density at radius 3 is 3.15 bits per heavy atom. The Labute approximate surface area is 122 Å². The largest absolute Gasteiger partial charge is 0.477 e. The van der Waals surface area contributed by atoms with Gasteiger partial charge in [0.1, 0.15) is 24.5 Å². The molecule has 0 amide bonds. The first-order valence-corrected chi connectivity index (χ1v) is 7.56. The van der Waals surface area contributed by atoms with Gasteiger partial charge in [-0.1, -0.05) is 11.8 Å². The molecule has 2 unspecified atom stereocenters. The first kappa shape index (κ1) is 11.8. The van der Waals surface area contributed by atoms with Crippen molar-refractivity contribution in [1.29, 1.82) is 5.26 Å². The van der Waals surface area contributed by atoms with E-state index in [9.17, 15) is 5.26 Å². The predicted octanol–water partition coefficient (Wildman–Crippen LogP) is 2.26. The lowest BCUT2D eigenvalue weighted by molar-refractivity contribution is 0.323. The van der Waals surface area contributed by atoms with E-state index >= 15 is 0 Å². The quantitative estimate of drug-likeness (QED) is 0.748. The molecule has 4 rings (SSSR count). The predicted molar refractivity (Wildman–Crippen MR) is 75.4 cm³/mol. The lowest BCUT2D eigenvalue weighted by Crippen LogP contribution is -2.05. The summed E-state index contributed by atoms with van der Waals surface area (Å²) in [6.07, 6.45) is 6.50. The normalized spacial score (nSPS) is 25.6. The van der Waals surface area contributed by atoms with Crippen LogP contribution < -0.4 is 4.74 Å². The number of hydrogen-bond donors (Lipinski definition) is 0. The van der Waals surface area contributed by atoms with Crippen LogP contribution in [0.3, 0.4) is 0 Å². The van der Waals surface area contributed by atoms with Crippen molar-refractivity contribution >= 4 is 29.2 Å². The summed E-state index contributed by atoms with van der Waals surface area (Å²) in [7, 11) is 0. The third-order valence-corrected chi connectivity index (χ3v) is 5.93. The fourth-order valence-corrected chi connectivity index (χ4v) is 5.11. The number of nitriles is 1. The minimum Gasteiger partial charge on any atom is -0.477 e. The summed E-state index contributed by atoms with van der Waals surface area (Å²) in [6.45, 7) is 0. The maximum atomic E-state index is 9.34.